The van der Waals surface area contributed by atoms with Gasteiger partial charge in [0.25, 0.3) is 0 Å². The van der Waals surface area contributed by atoms with Crippen molar-refractivity contribution in [1.29, 1.82) is 0 Å². The Morgan fingerprint density at radius 3 is 2.69 bits per heavy atom. The zero-order valence-electron chi connectivity index (χ0n) is 14.7. The monoisotopic (exact) mass is 370 g/mol. The van der Waals surface area contributed by atoms with Crippen molar-refractivity contribution in [1.82, 2.24) is 15.0 Å². The quantitative estimate of drug-likeness (QED) is 0.722. The summed E-state index contributed by atoms with van der Waals surface area (Å²) in [5, 5.41) is 0.996. The van der Waals surface area contributed by atoms with E-state index < -0.39 is 9.84 Å². The number of nitrogens with zero attached hydrogens (tertiary/aromatic N) is 3. The van der Waals surface area contributed by atoms with Crippen LogP contribution in [0.1, 0.15) is 18.4 Å². The van der Waals surface area contributed by atoms with Crippen LogP contribution in [0.2, 0.25) is 0 Å². The average Bonchev–Trinajstić information content (AvgIpc) is 3.06. The molecule has 0 spiro atoms. The number of aromatic nitrogens is 3. The van der Waals surface area contributed by atoms with Gasteiger partial charge in [-0.1, -0.05) is 30.3 Å². The molecule has 0 bridgehead atoms. The Hall–Kier alpha value is -2.41. The largest absolute Gasteiger partial charge is 0.356 e. The van der Waals surface area contributed by atoms with Crippen molar-refractivity contribution in [3.63, 3.8) is 0 Å². The van der Waals surface area contributed by atoms with Crippen LogP contribution >= 0.6 is 0 Å². The summed E-state index contributed by atoms with van der Waals surface area (Å²) in [5.74, 6) is 1.50. The van der Waals surface area contributed by atoms with Gasteiger partial charge in [-0.3, -0.25) is 0 Å². The number of hydrogen-bond acceptors (Lipinski definition) is 5. The van der Waals surface area contributed by atoms with E-state index in [9.17, 15) is 8.42 Å². The second-order valence-electron chi connectivity index (χ2n) is 7.08. The Labute approximate surface area is 153 Å². The van der Waals surface area contributed by atoms with Gasteiger partial charge in [0.05, 0.1) is 16.9 Å². The number of sulfone groups is 1. The standard InChI is InChI=1S/C19H22N4O2S/c1-23(19-17-7-8-20-18(17)21-13-22-19)16-9-15(10-16)12-26(24,25)11-14-5-3-2-4-6-14/h2-8,13,15-16H,9-12H2,1H3,(H,20,21,22). The number of rotatable bonds is 6. The summed E-state index contributed by atoms with van der Waals surface area (Å²) in [5.41, 5.74) is 1.68. The van der Waals surface area contributed by atoms with Gasteiger partial charge >= 0.3 is 0 Å². The third-order valence-electron chi connectivity index (χ3n) is 5.14. The lowest BCUT2D eigenvalue weighted by Crippen LogP contribution is -2.45. The summed E-state index contributed by atoms with van der Waals surface area (Å²) in [6.07, 6.45) is 5.17. The Morgan fingerprint density at radius 2 is 1.92 bits per heavy atom. The fourth-order valence-corrected chi connectivity index (χ4v) is 5.52. The Kier molecular flexibility index (Phi) is 4.40. The van der Waals surface area contributed by atoms with Gasteiger partial charge < -0.3 is 9.88 Å². The molecule has 0 amide bonds. The Morgan fingerprint density at radius 1 is 1.15 bits per heavy atom. The van der Waals surface area contributed by atoms with Crippen LogP contribution in [0.3, 0.4) is 0 Å². The summed E-state index contributed by atoms with van der Waals surface area (Å²) < 4.78 is 24.9. The third-order valence-corrected chi connectivity index (χ3v) is 6.90. The molecule has 0 radical (unpaired) electrons. The minimum Gasteiger partial charge on any atom is -0.356 e. The van der Waals surface area contributed by atoms with Gasteiger partial charge in [0.15, 0.2) is 9.84 Å². The molecule has 1 N–H and O–H groups in total. The Balaban J connectivity index is 1.37. The van der Waals surface area contributed by atoms with E-state index in [1.165, 1.54) is 0 Å². The van der Waals surface area contributed by atoms with Crippen molar-refractivity contribution in [2.45, 2.75) is 24.6 Å². The van der Waals surface area contributed by atoms with Crippen molar-refractivity contribution in [2.75, 3.05) is 17.7 Å². The van der Waals surface area contributed by atoms with E-state index in [0.717, 1.165) is 35.3 Å². The number of anilines is 1. The third kappa shape index (κ3) is 3.44. The number of fused-ring (bicyclic) bond motifs is 1. The summed E-state index contributed by atoms with van der Waals surface area (Å²) in [7, 11) is -1.06. The van der Waals surface area contributed by atoms with Crippen LogP contribution < -0.4 is 4.90 Å². The molecule has 7 heteroatoms. The van der Waals surface area contributed by atoms with E-state index in [1.807, 2.05) is 49.6 Å². The molecule has 6 nitrogen and oxygen atoms in total. The van der Waals surface area contributed by atoms with E-state index in [4.69, 9.17) is 0 Å². The second-order valence-corrected chi connectivity index (χ2v) is 9.19. The molecule has 4 rings (SSSR count). The smallest absolute Gasteiger partial charge is 0.154 e. The molecule has 136 valence electrons. The van der Waals surface area contributed by atoms with Crippen molar-refractivity contribution in [3.05, 3.63) is 54.5 Å². The molecule has 2 aromatic heterocycles. The number of benzene rings is 1. The van der Waals surface area contributed by atoms with Gasteiger partial charge in [-0.2, -0.15) is 0 Å². The zero-order valence-corrected chi connectivity index (χ0v) is 15.5. The number of aromatic amines is 1. The SMILES string of the molecule is CN(c1ncnc2[nH]ccc12)C1CC(CS(=O)(=O)Cc2ccccc2)C1. The molecular formula is C19H22N4O2S. The predicted molar refractivity (Wildman–Crippen MR) is 103 cm³/mol. The van der Waals surface area contributed by atoms with Crippen molar-refractivity contribution in [2.24, 2.45) is 5.92 Å². The predicted octanol–water partition coefficient (Wildman–Crippen LogP) is 2.79. The van der Waals surface area contributed by atoms with Crippen LogP contribution in [-0.4, -0.2) is 42.2 Å². The van der Waals surface area contributed by atoms with Gasteiger partial charge in [-0.05, 0) is 30.4 Å². The maximum absolute atomic E-state index is 12.5. The van der Waals surface area contributed by atoms with E-state index in [2.05, 4.69) is 19.9 Å². The minimum atomic E-state index is -3.08. The first-order valence-corrected chi connectivity index (χ1v) is 10.6. The molecule has 1 saturated carbocycles. The molecule has 0 unspecified atom stereocenters. The molecule has 1 fully saturated rings. The number of nitrogens with one attached hydrogen (secondary N) is 1. The van der Waals surface area contributed by atoms with Crippen LogP contribution in [0.4, 0.5) is 5.82 Å². The normalized spacial score (nSPS) is 20.0. The Bertz CT molecular complexity index is 995. The average molecular weight is 370 g/mol. The molecule has 1 aliphatic rings. The van der Waals surface area contributed by atoms with Gasteiger partial charge in [0, 0.05) is 19.3 Å². The lowest BCUT2D eigenvalue weighted by Gasteiger charge is -2.41. The minimum absolute atomic E-state index is 0.126. The van der Waals surface area contributed by atoms with E-state index in [-0.39, 0.29) is 17.4 Å². The van der Waals surface area contributed by atoms with Crippen LogP contribution in [0.15, 0.2) is 48.9 Å². The van der Waals surface area contributed by atoms with Crippen LogP contribution in [-0.2, 0) is 15.6 Å². The molecule has 0 aliphatic heterocycles. The molecule has 0 saturated heterocycles. The zero-order chi connectivity index (χ0) is 18.1. The second kappa shape index (κ2) is 6.72. The molecule has 3 aromatic rings. The highest BCUT2D eigenvalue weighted by Gasteiger charge is 2.36. The van der Waals surface area contributed by atoms with E-state index >= 15 is 0 Å². The highest BCUT2D eigenvalue weighted by molar-refractivity contribution is 7.90. The lowest BCUT2D eigenvalue weighted by atomic mass is 9.81. The van der Waals surface area contributed by atoms with Gasteiger partial charge in [-0.15, -0.1) is 0 Å². The van der Waals surface area contributed by atoms with Gasteiger partial charge in [0.1, 0.15) is 17.8 Å². The molecular weight excluding hydrogens is 348 g/mol. The first kappa shape index (κ1) is 17.0. The highest BCUT2D eigenvalue weighted by atomic mass is 32.2. The van der Waals surface area contributed by atoms with E-state index in [0.29, 0.717) is 6.04 Å². The summed E-state index contributed by atoms with van der Waals surface area (Å²) >= 11 is 0. The summed E-state index contributed by atoms with van der Waals surface area (Å²) in [6, 6.07) is 11.7. The number of hydrogen-bond donors (Lipinski definition) is 1. The fourth-order valence-electron chi connectivity index (χ4n) is 3.71. The maximum atomic E-state index is 12.5. The van der Waals surface area contributed by atoms with Gasteiger partial charge in [0.2, 0.25) is 0 Å². The summed E-state index contributed by atoms with van der Waals surface area (Å²) in [4.78, 5) is 13.9. The molecule has 26 heavy (non-hydrogen) atoms. The van der Waals surface area contributed by atoms with E-state index in [1.54, 1.807) is 6.33 Å². The van der Waals surface area contributed by atoms with Crippen molar-refractivity contribution >= 4 is 26.7 Å². The topological polar surface area (TPSA) is 79.0 Å². The first-order valence-electron chi connectivity index (χ1n) is 8.77. The van der Waals surface area contributed by atoms with Crippen LogP contribution in [0, 0.1) is 5.92 Å². The fraction of sp³-hybridized carbons (Fsp3) is 0.368. The molecule has 1 aromatic carbocycles. The van der Waals surface area contributed by atoms with Gasteiger partial charge in [-0.25, -0.2) is 18.4 Å². The van der Waals surface area contributed by atoms with Crippen molar-refractivity contribution in [3.8, 4) is 0 Å². The molecule has 1 aliphatic carbocycles. The molecule has 0 atom stereocenters. The lowest BCUT2D eigenvalue weighted by molar-refractivity contribution is 0.282. The van der Waals surface area contributed by atoms with Crippen LogP contribution in [0.25, 0.3) is 11.0 Å². The maximum Gasteiger partial charge on any atom is 0.154 e. The first-order chi connectivity index (χ1) is 12.5. The number of H-pyrrole nitrogens is 1. The highest BCUT2D eigenvalue weighted by Crippen LogP contribution is 2.36. The van der Waals surface area contributed by atoms with Crippen molar-refractivity contribution < 1.29 is 8.42 Å². The molecule has 2 heterocycles. The summed E-state index contributed by atoms with van der Waals surface area (Å²) in [6.45, 7) is 0. The van der Waals surface area contributed by atoms with Crippen LogP contribution in [0.5, 0.6) is 0 Å².